The van der Waals surface area contributed by atoms with E-state index in [0.29, 0.717) is 0 Å². The molecule has 0 aliphatic rings. The van der Waals surface area contributed by atoms with E-state index in [-0.39, 0.29) is 0 Å². The van der Waals surface area contributed by atoms with Crippen molar-refractivity contribution in [1.29, 1.82) is 0 Å². The SMILES string of the molecule is Cc1ccc2c(n1)c1ccc(-c3ccccc3-c3cc(-c4ccccc4-c4ccc(-n5cccn5)cc4)cc(-c4ccccc4-c4ccc(-n5cccn5)cc4)c3)cc1n1c3ccccc3nc21. The lowest BCUT2D eigenvalue weighted by molar-refractivity contribution is 0.881. The number of pyridine rings is 2. The van der Waals surface area contributed by atoms with Gasteiger partial charge in [-0.25, -0.2) is 14.3 Å². The summed E-state index contributed by atoms with van der Waals surface area (Å²) in [4.78, 5) is 10.3. The summed E-state index contributed by atoms with van der Waals surface area (Å²) < 4.78 is 6.09. The van der Waals surface area contributed by atoms with Crippen molar-refractivity contribution >= 4 is 38.5 Å². The molecular weight excluding hydrogens is 831 g/mol. The molecule has 0 unspecified atom stereocenters. The molecule has 13 aromatic rings. The van der Waals surface area contributed by atoms with Gasteiger partial charge in [0.2, 0.25) is 0 Å². The van der Waals surface area contributed by atoms with E-state index in [0.717, 1.165) is 122 Å². The van der Waals surface area contributed by atoms with E-state index in [1.807, 2.05) is 33.9 Å². The van der Waals surface area contributed by atoms with Gasteiger partial charge in [0.15, 0.2) is 0 Å². The number of benzene rings is 8. The number of rotatable bonds is 8. The minimum absolute atomic E-state index is 0.911. The molecule has 0 aliphatic carbocycles. The highest BCUT2D eigenvalue weighted by atomic mass is 15.3. The highest BCUT2D eigenvalue weighted by molar-refractivity contribution is 6.13. The van der Waals surface area contributed by atoms with Crippen LogP contribution in [0.3, 0.4) is 0 Å². The molecule has 0 fully saturated rings. The smallest absolute Gasteiger partial charge is 0.147 e. The Morgan fingerprint density at radius 3 is 1.32 bits per heavy atom. The van der Waals surface area contributed by atoms with Gasteiger partial charge in [0.25, 0.3) is 0 Å². The Labute approximate surface area is 392 Å². The molecule has 5 heterocycles. The number of aryl methyl sites for hydroxylation is 1. The van der Waals surface area contributed by atoms with Crippen LogP contribution in [0.25, 0.3) is 117 Å². The number of fused-ring (bicyclic) bond motifs is 8. The molecule has 7 nitrogen and oxygen atoms in total. The predicted octanol–water partition coefficient (Wildman–Crippen LogP) is 14.9. The highest BCUT2D eigenvalue weighted by Gasteiger charge is 2.19. The van der Waals surface area contributed by atoms with Gasteiger partial charge in [-0.2, -0.15) is 10.2 Å². The summed E-state index contributed by atoms with van der Waals surface area (Å²) in [6, 6.07) is 74.0. The van der Waals surface area contributed by atoms with Gasteiger partial charge in [-0.05, 0) is 159 Å². The number of imidazole rings is 1. The molecule has 13 rings (SSSR count). The van der Waals surface area contributed by atoms with Gasteiger partial charge in [-0.15, -0.1) is 0 Å². The standard InChI is InChI=1S/C61H41N7/c1-40-20-30-56-60(64-40)55-31-25-43(39-59(55)68-58-19-9-8-18-57(58)65-61(56)68)51-14-4-7-17-54(51)46-37-44(52-15-5-2-12-49(52)41-21-26-47(27-22-41)66-34-10-32-62-66)36-45(38-46)53-16-6-3-13-50(53)42-23-28-48(29-24-42)67-35-11-33-63-67/h2-39H,1H3. The Balaban J connectivity index is 1.01. The van der Waals surface area contributed by atoms with Crippen molar-refractivity contribution < 1.29 is 0 Å². The molecule has 8 aromatic carbocycles. The molecule has 0 saturated carbocycles. The zero-order chi connectivity index (χ0) is 45.1. The second-order valence-electron chi connectivity index (χ2n) is 17.3. The van der Waals surface area contributed by atoms with Gasteiger partial charge in [-0.3, -0.25) is 9.38 Å². The van der Waals surface area contributed by atoms with E-state index >= 15 is 0 Å². The molecule has 0 aliphatic heterocycles. The van der Waals surface area contributed by atoms with Gasteiger partial charge < -0.3 is 0 Å². The largest absolute Gasteiger partial charge is 0.292 e. The maximum Gasteiger partial charge on any atom is 0.147 e. The highest BCUT2D eigenvalue weighted by Crippen LogP contribution is 2.43. The molecular formula is C61H41N7. The molecule has 68 heavy (non-hydrogen) atoms. The number of para-hydroxylation sites is 2. The van der Waals surface area contributed by atoms with Crippen LogP contribution in [-0.2, 0) is 0 Å². The molecule has 0 saturated heterocycles. The van der Waals surface area contributed by atoms with E-state index in [4.69, 9.17) is 9.97 Å². The lowest BCUT2D eigenvalue weighted by Gasteiger charge is -2.18. The topological polar surface area (TPSA) is 65.8 Å². The summed E-state index contributed by atoms with van der Waals surface area (Å²) in [5, 5.41) is 11.1. The maximum absolute atomic E-state index is 5.17. The van der Waals surface area contributed by atoms with Gasteiger partial charge >= 0.3 is 0 Å². The normalized spacial score (nSPS) is 11.6. The van der Waals surface area contributed by atoms with Gasteiger partial charge in [-0.1, -0.05) is 121 Å². The zero-order valence-corrected chi connectivity index (χ0v) is 37.1. The van der Waals surface area contributed by atoms with Crippen LogP contribution in [0.2, 0.25) is 0 Å². The second-order valence-corrected chi connectivity index (χ2v) is 17.3. The van der Waals surface area contributed by atoms with Crippen LogP contribution >= 0.6 is 0 Å². The monoisotopic (exact) mass is 871 g/mol. The summed E-state index contributed by atoms with van der Waals surface area (Å²) >= 11 is 0. The first-order valence-corrected chi connectivity index (χ1v) is 22.9. The maximum atomic E-state index is 5.17. The van der Waals surface area contributed by atoms with Crippen molar-refractivity contribution in [3.63, 3.8) is 0 Å². The Kier molecular flexibility index (Phi) is 9.25. The third-order valence-electron chi connectivity index (χ3n) is 13.2. The van der Waals surface area contributed by atoms with Crippen molar-refractivity contribution in [1.82, 2.24) is 33.9 Å². The van der Waals surface area contributed by atoms with E-state index in [1.54, 1.807) is 12.4 Å². The summed E-state index contributed by atoms with van der Waals surface area (Å²) in [6.07, 6.45) is 7.55. The van der Waals surface area contributed by atoms with Crippen LogP contribution in [0.1, 0.15) is 5.69 Å². The quantitative estimate of drug-likeness (QED) is 0.143. The Morgan fingerprint density at radius 1 is 0.353 bits per heavy atom. The minimum atomic E-state index is 0.911. The summed E-state index contributed by atoms with van der Waals surface area (Å²) in [6.45, 7) is 2.05. The van der Waals surface area contributed by atoms with E-state index < -0.39 is 0 Å². The molecule has 0 spiro atoms. The fourth-order valence-electron chi connectivity index (χ4n) is 9.96. The van der Waals surface area contributed by atoms with Gasteiger partial charge in [0, 0.05) is 41.3 Å². The Morgan fingerprint density at radius 2 is 0.809 bits per heavy atom. The molecule has 0 radical (unpaired) electrons. The molecule has 5 aromatic heterocycles. The lowest BCUT2D eigenvalue weighted by Crippen LogP contribution is -1.96. The van der Waals surface area contributed by atoms with Crippen LogP contribution in [0.5, 0.6) is 0 Å². The number of nitrogens with zero attached hydrogens (tertiary/aromatic N) is 7. The lowest BCUT2D eigenvalue weighted by atomic mass is 9.86. The number of aromatic nitrogens is 7. The average molecular weight is 872 g/mol. The van der Waals surface area contributed by atoms with E-state index in [9.17, 15) is 0 Å². The summed E-state index contributed by atoms with van der Waals surface area (Å²) in [5.41, 5.74) is 21.6. The van der Waals surface area contributed by atoms with Crippen LogP contribution in [0.15, 0.2) is 231 Å². The van der Waals surface area contributed by atoms with E-state index in [2.05, 4.69) is 216 Å². The van der Waals surface area contributed by atoms with Crippen LogP contribution in [-0.4, -0.2) is 33.9 Å². The molecule has 0 atom stereocenters. The Hall–Kier alpha value is -9.20. The number of hydrogen-bond donors (Lipinski definition) is 0. The van der Waals surface area contributed by atoms with Gasteiger partial charge in [0.1, 0.15) is 5.65 Å². The predicted molar refractivity (Wildman–Crippen MR) is 277 cm³/mol. The van der Waals surface area contributed by atoms with Gasteiger partial charge in [0.05, 0.1) is 33.4 Å². The molecule has 0 amide bonds. The second kappa shape index (κ2) is 16.0. The van der Waals surface area contributed by atoms with Crippen molar-refractivity contribution in [2.45, 2.75) is 6.92 Å². The molecule has 320 valence electrons. The van der Waals surface area contributed by atoms with Crippen LogP contribution in [0, 0.1) is 6.92 Å². The van der Waals surface area contributed by atoms with Crippen molar-refractivity contribution in [3.05, 3.63) is 237 Å². The third kappa shape index (κ3) is 6.67. The third-order valence-corrected chi connectivity index (χ3v) is 13.2. The summed E-state index contributed by atoms with van der Waals surface area (Å²) in [7, 11) is 0. The first-order chi connectivity index (χ1) is 33.6. The minimum Gasteiger partial charge on any atom is -0.292 e. The molecule has 7 heteroatoms. The van der Waals surface area contributed by atoms with Crippen LogP contribution < -0.4 is 0 Å². The zero-order valence-electron chi connectivity index (χ0n) is 37.1. The fraction of sp³-hybridized carbons (Fsp3) is 0.0164. The fourth-order valence-corrected chi connectivity index (χ4v) is 9.96. The van der Waals surface area contributed by atoms with E-state index in [1.165, 1.54) is 0 Å². The van der Waals surface area contributed by atoms with Crippen molar-refractivity contribution in [3.8, 4) is 78.1 Å². The Bertz CT molecular complexity index is 3880. The van der Waals surface area contributed by atoms with Crippen molar-refractivity contribution in [2.75, 3.05) is 0 Å². The molecule has 0 N–H and O–H groups in total. The van der Waals surface area contributed by atoms with Crippen LogP contribution in [0.4, 0.5) is 0 Å². The first kappa shape index (κ1) is 39.2. The average Bonchev–Trinajstić information content (AvgIpc) is 4.22. The summed E-state index contributed by atoms with van der Waals surface area (Å²) in [5.74, 6) is 0. The number of hydrogen-bond acceptors (Lipinski definition) is 4. The molecule has 0 bridgehead atoms. The first-order valence-electron chi connectivity index (χ1n) is 22.9. The van der Waals surface area contributed by atoms with Crippen molar-refractivity contribution in [2.24, 2.45) is 0 Å².